The zero-order valence-electron chi connectivity index (χ0n) is 9.93. The fourth-order valence-corrected chi connectivity index (χ4v) is 2.07. The molecule has 3 nitrogen and oxygen atoms in total. The molecule has 0 aromatic carbocycles. The minimum absolute atomic E-state index is 0.364. The van der Waals surface area contributed by atoms with Gasteiger partial charge < -0.3 is 10.1 Å². The summed E-state index contributed by atoms with van der Waals surface area (Å²) in [7, 11) is 1.63. The number of hydrogen-bond donors (Lipinski definition) is 1. The molecule has 1 aliphatic heterocycles. The highest BCUT2D eigenvalue weighted by Crippen LogP contribution is 2.28. The summed E-state index contributed by atoms with van der Waals surface area (Å²) in [6, 6.07) is 0. The summed E-state index contributed by atoms with van der Waals surface area (Å²) in [5.74, 6) is 0.820. The number of aromatic nitrogens is 1. The van der Waals surface area contributed by atoms with E-state index < -0.39 is 5.67 Å². The minimum atomic E-state index is -1.13. The number of alkyl halides is 1. The number of aryl methyl sites for hydroxylation is 1. The van der Waals surface area contributed by atoms with Gasteiger partial charge in [-0.15, -0.1) is 0 Å². The number of nitrogens with zero attached hydrogens (tertiary/aromatic N) is 1. The molecule has 0 bridgehead atoms. The number of methoxy groups -OCH3 is 1. The molecular weight excluding hydrogens is 207 g/mol. The van der Waals surface area contributed by atoms with Gasteiger partial charge in [0, 0.05) is 36.8 Å². The molecule has 0 atom stereocenters. The van der Waals surface area contributed by atoms with Crippen molar-refractivity contribution in [2.75, 3.05) is 20.2 Å². The van der Waals surface area contributed by atoms with E-state index in [1.807, 2.05) is 13.8 Å². The fourth-order valence-electron chi connectivity index (χ4n) is 2.07. The van der Waals surface area contributed by atoms with E-state index in [1.54, 1.807) is 13.3 Å². The topological polar surface area (TPSA) is 34.1 Å². The van der Waals surface area contributed by atoms with Crippen LogP contribution in [-0.4, -0.2) is 30.9 Å². The van der Waals surface area contributed by atoms with Crippen LogP contribution < -0.4 is 10.1 Å². The van der Waals surface area contributed by atoms with Crippen molar-refractivity contribution in [1.29, 1.82) is 0 Å². The Bertz CT molecular complexity index is 402. The molecule has 1 aliphatic rings. The SMILES string of the molecule is COc1c(C)cnc(CC2(F)CNC2)c1C. The summed E-state index contributed by atoms with van der Waals surface area (Å²) in [6.07, 6.45) is 2.11. The van der Waals surface area contributed by atoms with Gasteiger partial charge in [0.25, 0.3) is 0 Å². The maximum atomic E-state index is 14.0. The van der Waals surface area contributed by atoms with E-state index in [0.717, 1.165) is 22.6 Å². The van der Waals surface area contributed by atoms with E-state index in [4.69, 9.17) is 4.74 Å². The summed E-state index contributed by atoms with van der Waals surface area (Å²) in [4.78, 5) is 4.31. The average molecular weight is 224 g/mol. The van der Waals surface area contributed by atoms with Crippen LogP contribution >= 0.6 is 0 Å². The van der Waals surface area contributed by atoms with Crippen LogP contribution in [0.25, 0.3) is 0 Å². The van der Waals surface area contributed by atoms with E-state index >= 15 is 0 Å². The normalized spacial score (nSPS) is 18.0. The van der Waals surface area contributed by atoms with Gasteiger partial charge in [0.1, 0.15) is 11.4 Å². The largest absolute Gasteiger partial charge is 0.496 e. The van der Waals surface area contributed by atoms with E-state index in [9.17, 15) is 4.39 Å². The number of rotatable bonds is 3. The molecule has 0 aliphatic carbocycles. The fraction of sp³-hybridized carbons (Fsp3) is 0.583. The Labute approximate surface area is 95.0 Å². The second-order valence-corrected chi connectivity index (χ2v) is 4.48. The highest BCUT2D eigenvalue weighted by Gasteiger charge is 2.38. The van der Waals surface area contributed by atoms with Gasteiger partial charge >= 0.3 is 0 Å². The third-order valence-electron chi connectivity index (χ3n) is 3.12. The number of ether oxygens (including phenoxy) is 1. The predicted octanol–water partition coefficient (Wildman–Crippen LogP) is 1.56. The zero-order chi connectivity index (χ0) is 11.8. The van der Waals surface area contributed by atoms with Crippen molar-refractivity contribution >= 4 is 0 Å². The lowest BCUT2D eigenvalue weighted by Crippen LogP contribution is -2.57. The second-order valence-electron chi connectivity index (χ2n) is 4.48. The molecule has 0 unspecified atom stereocenters. The monoisotopic (exact) mass is 224 g/mol. The van der Waals surface area contributed by atoms with Crippen LogP contribution in [0.2, 0.25) is 0 Å². The molecule has 4 heteroatoms. The molecule has 1 aromatic rings. The van der Waals surface area contributed by atoms with Crippen LogP contribution in [0.15, 0.2) is 6.20 Å². The third-order valence-corrected chi connectivity index (χ3v) is 3.12. The van der Waals surface area contributed by atoms with Crippen LogP contribution in [0.5, 0.6) is 5.75 Å². The first-order chi connectivity index (χ1) is 7.56. The first-order valence-corrected chi connectivity index (χ1v) is 5.44. The molecule has 1 fully saturated rings. The molecule has 16 heavy (non-hydrogen) atoms. The Morgan fingerprint density at radius 2 is 2.19 bits per heavy atom. The maximum Gasteiger partial charge on any atom is 0.141 e. The first kappa shape index (κ1) is 11.3. The molecule has 1 aromatic heterocycles. The Morgan fingerprint density at radius 1 is 1.50 bits per heavy atom. The molecule has 2 rings (SSSR count). The molecule has 0 spiro atoms. The van der Waals surface area contributed by atoms with Crippen molar-refractivity contribution in [2.45, 2.75) is 25.9 Å². The summed E-state index contributed by atoms with van der Waals surface area (Å²) in [5.41, 5.74) is 1.61. The number of nitrogens with one attached hydrogen (secondary N) is 1. The summed E-state index contributed by atoms with van der Waals surface area (Å²) in [5, 5.41) is 2.95. The maximum absolute atomic E-state index is 14.0. The Kier molecular flexibility index (Phi) is 2.84. The van der Waals surface area contributed by atoms with Gasteiger partial charge in [0.15, 0.2) is 0 Å². The van der Waals surface area contributed by atoms with Crippen LogP contribution in [0.1, 0.15) is 16.8 Å². The molecule has 1 saturated heterocycles. The van der Waals surface area contributed by atoms with E-state index in [2.05, 4.69) is 10.3 Å². The van der Waals surface area contributed by atoms with Gasteiger partial charge in [-0.25, -0.2) is 4.39 Å². The molecule has 1 N–H and O–H groups in total. The van der Waals surface area contributed by atoms with Crippen molar-refractivity contribution in [3.8, 4) is 5.75 Å². The summed E-state index contributed by atoms with van der Waals surface area (Å²) in [6.45, 7) is 4.72. The van der Waals surface area contributed by atoms with Gasteiger partial charge in [0.2, 0.25) is 0 Å². The lowest BCUT2D eigenvalue weighted by atomic mass is 9.91. The first-order valence-electron chi connectivity index (χ1n) is 5.44. The molecular formula is C12H17FN2O. The number of pyridine rings is 1. The highest BCUT2D eigenvalue weighted by atomic mass is 19.1. The van der Waals surface area contributed by atoms with Crippen molar-refractivity contribution < 1.29 is 9.13 Å². The van der Waals surface area contributed by atoms with E-state index in [0.29, 0.717) is 19.5 Å². The summed E-state index contributed by atoms with van der Waals surface area (Å²) < 4.78 is 19.3. The molecule has 0 amide bonds. The van der Waals surface area contributed by atoms with Crippen LogP contribution in [0.4, 0.5) is 4.39 Å². The van der Waals surface area contributed by atoms with Crippen molar-refractivity contribution in [3.63, 3.8) is 0 Å². The minimum Gasteiger partial charge on any atom is -0.496 e. The van der Waals surface area contributed by atoms with Crippen molar-refractivity contribution in [3.05, 3.63) is 23.0 Å². The third kappa shape index (κ3) is 1.89. The quantitative estimate of drug-likeness (QED) is 0.846. The van der Waals surface area contributed by atoms with Gasteiger partial charge in [-0.05, 0) is 13.8 Å². The standard InChI is InChI=1S/C12H17FN2O/c1-8-5-15-10(9(2)11(8)16-3)4-12(13)6-14-7-12/h5,14H,4,6-7H2,1-3H3. The van der Waals surface area contributed by atoms with Gasteiger partial charge in [-0.1, -0.05) is 0 Å². The van der Waals surface area contributed by atoms with E-state index in [1.165, 1.54) is 0 Å². The van der Waals surface area contributed by atoms with Crippen molar-refractivity contribution in [2.24, 2.45) is 0 Å². The second kappa shape index (κ2) is 4.01. The van der Waals surface area contributed by atoms with Crippen LogP contribution in [0, 0.1) is 13.8 Å². The Hall–Kier alpha value is -1.16. The average Bonchev–Trinajstić information content (AvgIpc) is 2.21. The van der Waals surface area contributed by atoms with Crippen LogP contribution in [-0.2, 0) is 6.42 Å². The Balaban J connectivity index is 2.27. The van der Waals surface area contributed by atoms with Crippen LogP contribution in [0.3, 0.4) is 0 Å². The van der Waals surface area contributed by atoms with Gasteiger partial charge in [-0.3, -0.25) is 4.98 Å². The summed E-state index contributed by atoms with van der Waals surface area (Å²) >= 11 is 0. The molecule has 0 saturated carbocycles. The predicted molar refractivity (Wildman–Crippen MR) is 60.7 cm³/mol. The lowest BCUT2D eigenvalue weighted by molar-refractivity contribution is 0.0897. The number of halogens is 1. The number of hydrogen-bond acceptors (Lipinski definition) is 3. The zero-order valence-corrected chi connectivity index (χ0v) is 9.93. The molecule has 0 radical (unpaired) electrons. The lowest BCUT2D eigenvalue weighted by Gasteiger charge is -2.35. The van der Waals surface area contributed by atoms with Crippen molar-refractivity contribution in [1.82, 2.24) is 10.3 Å². The van der Waals surface area contributed by atoms with Gasteiger partial charge in [-0.2, -0.15) is 0 Å². The Morgan fingerprint density at radius 3 is 2.69 bits per heavy atom. The molecule has 88 valence electrons. The smallest absolute Gasteiger partial charge is 0.141 e. The van der Waals surface area contributed by atoms with Gasteiger partial charge in [0.05, 0.1) is 12.8 Å². The van der Waals surface area contributed by atoms with E-state index in [-0.39, 0.29) is 0 Å². The highest BCUT2D eigenvalue weighted by molar-refractivity contribution is 5.41. The molecule has 2 heterocycles.